The Morgan fingerprint density at radius 1 is 1.26 bits per heavy atom. The van der Waals surface area contributed by atoms with Gasteiger partial charge in [0.05, 0.1) is 13.7 Å². The van der Waals surface area contributed by atoms with E-state index in [1.807, 2.05) is 17.0 Å². The van der Waals surface area contributed by atoms with Crippen LogP contribution in [-0.2, 0) is 21.6 Å². The van der Waals surface area contributed by atoms with Crippen LogP contribution < -0.4 is 10.5 Å². The minimum absolute atomic E-state index is 0.0113. The van der Waals surface area contributed by atoms with Crippen LogP contribution in [0.2, 0.25) is 0 Å². The van der Waals surface area contributed by atoms with Gasteiger partial charge in [-0.15, -0.1) is 0 Å². The van der Waals surface area contributed by atoms with E-state index < -0.39 is 17.7 Å². The van der Waals surface area contributed by atoms with Crippen LogP contribution >= 0.6 is 0 Å². The molecule has 4 rings (SSSR count). The number of rotatable bonds is 2. The van der Waals surface area contributed by atoms with Gasteiger partial charge in [0.1, 0.15) is 17.4 Å². The number of hydrogen-bond acceptors (Lipinski definition) is 4. The number of piperidine rings is 1. The summed E-state index contributed by atoms with van der Waals surface area (Å²) in [6.07, 6.45) is 3.86. The second-order valence-electron chi connectivity index (χ2n) is 7.60. The molecule has 1 atom stereocenters. The quantitative estimate of drug-likeness (QED) is 0.854. The molecule has 146 valence electrons. The van der Waals surface area contributed by atoms with Gasteiger partial charge in [-0.25, -0.2) is 4.79 Å². The van der Waals surface area contributed by atoms with Crippen LogP contribution in [0.5, 0.6) is 5.75 Å². The predicted octanol–water partition coefficient (Wildman–Crippen LogP) is 1.63. The maximum absolute atomic E-state index is 13.0. The maximum atomic E-state index is 13.0. The molecule has 0 unspecified atom stereocenters. The summed E-state index contributed by atoms with van der Waals surface area (Å²) in [5.74, 6) is 0.875. The molecular formula is C20H27N3O4. The number of urea groups is 1. The van der Waals surface area contributed by atoms with Gasteiger partial charge in [0.25, 0.3) is 0 Å². The van der Waals surface area contributed by atoms with Gasteiger partial charge in [0, 0.05) is 25.2 Å². The first-order valence-electron chi connectivity index (χ1n) is 9.71. The Bertz CT molecular complexity index is 728. The van der Waals surface area contributed by atoms with Gasteiger partial charge in [-0.05, 0) is 43.7 Å². The van der Waals surface area contributed by atoms with Crippen molar-refractivity contribution in [2.24, 2.45) is 5.73 Å². The number of nitrogens with zero attached hydrogens (tertiary/aromatic N) is 2. The molecule has 3 aliphatic rings. The van der Waals surface area contributed by atoms with Gasteiger partial charge in [-0.3, -0.25) is 4.79 Å². The van der Waals surface area contributed by atoms with Gasteiger partial charge < -0.3 is 25.0 Å². The summed E-state index contributed by atoms with van der Waals surface area (Å²) in [5.41, 5.74) is 7.46. The summed E-state index contributed by atoms with van der Waals surface area (Å²) in [6.45, 7) is 2.47. The fourth-order valence-corrected chi connectivity index (χ4v) is 4.88. The molecule has 27 heavy (non-hydrogen) atoms. The van der Waals surface area contributed by atoms with Crippen molar-refractivity contribution in [3.63, 3.8) is 0 Å². The molecule has 0 aliphatic carbocycles. The van der Waals surface area contributed by atoms with Crippen molar-refractivity contribution in [2.45, 2.75) is 43.7 Å². The van der Waals surface area contributed by atoms with Gasteiger partial charge in [0.15, 0.2) is 0 Å². The van der Waals surface area contributed by atoms with Crippen LogP contribution in [0, 0.1) is 0 Å². The molecule has 1 aromatic rings. The molecule has 2 N–H and O–H groups in total. The van der Waals surface area contributed by atoms with Crippen LogP contribution in [0.1, 0.15) is 36.8 Å². The van der Waals surface area contributed by atoms with Crippen LogP contribution in [0.3, 0.4) is 0 Å². The van der Waals surface area contributed by atoms with Crippen molar-refractivity contribution < 1.29 is 19.1 Å². The lowest BCUT2D eigenvalue weighted by Gasteiger charge is -2.46. The van der Waals surface area contributed by atoms with E-state index in [0.29, 0.717) is 32.7 Å². The summed E-state index contributed by atoms with van der Waals surface area (Å²) < 4.78 is 11.9. The molecule has 3 aliphatic heterocycles. The fourth-order valence-electron chi connectivity index (χ4n) is 4.88. The smallest absolute Gasteiger partial charge is 0.315 e. The Labute approximate surface area is 159 Å². The first-order valence-corrected chi connectivity index (χ1v) is 9.71. The lowest BCUT2D eigenvalue weighted by molar-refractivity contribution is -0.144. The zero-order valence-corrected chi connectivity index (χ0v) is 15.8. The number of ether oxygens (including phenoxy) is 2. The Morgan fingerprint density at radius 2 is 2.04 bits per heavy atom. The molecule has 1 spiro atoms. The summed E-state index contributed by atoms with van der Waals surface area (Å²) in [6, 6.07) is 5.23. The Kier molecular flexibility index (Phi) is 4.72. The highest BCUT2D eigenvalue weighted by Crippen LogP contribution is 2.46. The number of nitrogens with two attached hydrogens (primary N) is 1. The highest BCUT2D eigenvalue weighted by atomic mass is 16.5. The average molecular weight is 373 g/mol. The Morgan fingerprint density at radius 3 is 2.74 bits per heavy atom. The van der Waals surface area contributed by atoms with Gasteiger partial charge in [-0.1, -0.05) is 12.1 Å². The molecule has 1 aromatic carbocycles. The van der Waals surface area contributed by atoms with E-state index in [0.717, 1.165) is 37.0 Å². The van der Waals surface area contributed by atoms with E-state index in [2.05, 4.69) is 6.07 Å². The van der Waals surface area contributed by atoms with Crippen molar-refractivity contribution in [1.29, 1.82) is 0 Å². The molecule has 0 radical (unpaired) electrons. The Balaban J connectivity index is 1.52. The lowest BCUT2D eigenvalue weighted by atomic mass is 9.78. The third-order valence-electron chi connectivity index (χ3n) is 6.24. The van der Waals surface area contributed by atoms with E-state index in [4.69, 9.17) is 15.2 Å². The molecule has 3 amide bonds. The maximum Gasteiger partial charge on any atom is 0.315 e. The number of carbonyl (C=O) groups is 2. The SMILES string of the molecule is COc1cccc2c1C1(CCN(C(=O)[C@@H]3CCCN3C(N)=O)CC1)OCC2. The molecule has 0 saturated carbocycles. The third kappa shape index (κ3) is 3.04. The molecule has 7 nitrogen and oxygen atoms in total. The molecule has 0 bridgehead atoms. The highest BCUT2D eigenvalue weighted by molar-refractivity contribution is 5.87. The van der Waals surface area contributed by atoms with E-state index in [-0.39, 0.29) is 5.91 Å². The largest absolute Gasteiger partial charge is 0.496 e. The van der Waals surface area contributed by atoms with Crippen molar-refractivity contribution in [2.75, 3.05) is 33.4 Å². The number of amides is 3. The molecule has 0 aromatic heterocycles. The predicted molar refractivity (Wildman–Crippen MR) is 99.5 cm³/mol. The minimum Gasteiger partial charge on any atom is -0.496 e. The summed E-state index contributed by atoms with van der Waals surface area (Å²) in [7, 11) is 1.69. The Hall–Kier alpha value is -2.28. The van der Waals surface area contributed by atoms with Crippen LogP contribution in [0.4, 0.5) is 4.79 Å². The zero-order valence-electron chi connectivity index (χ0n) is 15.8. The monoisotopic (exact) mass is 373 g/mol. The number of likely N-dealkylation sites (tertiary alicyclic amines) is 2. The van der Waals surface area contributed by atoms with Gasteiger partial charge >= 0.3 is 6.03 Å². The van der Waals surface area contributed by atoms with Crippen LogP contribution in [-0.4, -0.2) is 61.1 Å². The van der Waals surface area contributed by atoms with Crippen LogP contribution in [0.25, 0.3) is 0 Å². The summed E-state index contributed by atoms with van der Waals surface area (Å²) >= 11 is 0. The van der Waals surface area contributed by atoms with E-state index in [1.165, 1.54) is 10.5 Å². The normalized spacial score (nSPS) is 24.0. The van der Waals surface area contributed by atoms with E-state index in [9.17, 15) is 9.59 Å². The molecular weight excluding hydrogens is 346 g/mol. The second kappa shape index (κ2) is 7.03. The lowest BCUT2D eigenvalue weighted by Crippen LogP contribution is -2.54. The number of methoxy groups -OCH3 is 1. The number of hydrogen-bond donors (Lipinski definition) is 1. The van der Waals surface area contributed by atoms with Crippen LogP contribution in [0.15, 0.2) is 18.2 Å². The van der Waals surface area contributed by atoms with Crippen molar-refractivity contribution in [1.82, 2.24) is 9.80 Å². The number of fused-ring (bicyclic) bond motifs is 2. The number of primary amides is 1. The van der Waals surface area contributed by atoms with Gasteiger partial charge in [-0.2, -0.15) is 0 Å². The first-order chi connectivity index (χ1) is 13.1. The molecule has 3 heterocycles. The van der Waals surface area contributed by atoms with Crippen molar-refractivity contribution in [3.05, 3.63) is 29.3 Å². The fraction of sp³-hybridized carbons (Fsp3) is 0.600. The number of carbonyl (C=O) groups excluding carboxylic acids is 2. The van der Waals surface area contributed by atoms with E-state index >= 15 is 0 Å². The average Bonchev–Trinajstić information content (AvgIpc) is 3.18. The zero-order chi connectivity index (χ0) is 19.0. The topological polar surface area (TPSA) is 85.1 Å². The molecule has 2 saturated heterocycles. The standard InChI is InChI=1S/C20H27N3O4/c1-26-16-6-2-4-14-7-13-27-20(17(14)16)8-11-22(12-9-20)18(24)15-5-3-10-23(15)19(21)25/h2,4,6,15H,3,5,7-13H2,1H3,(H2,21,25)/t15-/m0/s1. The second-order valence-corrected chi connectivity index (χ2v) is 7.60. The van der Waals surface area contributed by atoms with E-state index in [1.54, 1.807) is 7.11 Å². The highest BCUT2D eigenvalue weighted by Gasteiger charge is 2.45. The number of benzene rings is 1. The molecule has 2 fully saturated rings. The van der Waals surface area contributed by atoms with Crippen molar-refractivity contribution in [3.8, 4) is 5.75 Å². The van der Waals surface area contributed by atoms with Gasteiger partial charge in [0.2, 0.25) is 5.91 Å². The summed E-state index contributed by atoms with van der Waals surface area (Å²) in [4.78, 5) is 27.9. The van der Waals surface area contributed by atoms with Crippen molar-refractivity contribution >= 4 is 11.9 Å². The molecule has 7 heteroatoms. The first kappa shape index (κ1) is 18.1. The third-order valence-corrected chi connectivity index (χ3v) is 6.24. The minimum atomic E-state index is -0.506. The summed E-state index contributed by atoms with van der Waals surface area (Å²) in [5, 5.41) is 0.